The highest BCUT2D eigenvalue weighted by atomic mass is 32.1. The van der Waals surface area contributed by atoms with Crippen LogP contribution in [0.3, 0.4) is 0 Å². The molecule has 0 radical (unpaired) electrons. The lowest BCUT2D eigenvalue weighted by Gasteiger charge is -1.98. The molecule has 0 saturated carbocycles. The molecule has 2 aromatic rings. The number of anilines is 1. The summed E-state index contributed by atoms with van der Waals surface area (Å²) in [5.74, 6) is -1.27. The van der Waals surface area contributed by atoms with Gasteiger partial charge in [-0.25, -0.2) is 4.98 Å². The maximum absolute atomic E-state index is 13.2. The Labute approximate surface area is 140 Å². The van der Waals surface area contributed by atoms with Crippen LogP contribution < -0.4 is 5.43 Å². The molecule has 1 heterocycles. The molecule has 0 spiro atoms. The number of thiazole rings is 1. The molecule has 0 unspecified atom stereocenters. The van der Waals surface area contributed by atoms with E-state index in [0.29, 0.717) is 23.0 Å². The molecule has 0 aliphatic carbocycles. The number of hydrogen-bond acceptors (Lipinski definition) is 8. The molecule has 0 bridgehead atoms. The summed E-state index contributed by atoms with van der Waals surface area (Å²) in [6.07, 6.45) is 1.37. The van der Waals surface area contributed by atoms with Gasteiger partial charge < -0.3 is 4.74 Å². The first-order valence-electron chi connectivity index (χ1n) is 6.82. The van der Waals surface area contributed by atoms with Crippen LogP contribution in [0.4, 0.5) is 15.2 Å². The Morgan fingerprint density at radius 2 is 2.38 bits per heavy atom. The smallest absolute Gasteiger partial charge is 0.311 e. The lowest BCUT2D eigenvalue weighted by atomic mass is 10.2. The van der Waals surface area contributed by atoms with Gasteiger partial charge in [-0.05, 0) is 19.1 Å². The van der Waals surface area contributed by atoms with Crippen molar-refractivity contribution >= 4 is 34.3 Å². The first kappa shape index (κ1) is 17.5. The number of nitrogens with one attached hydrogen (secondary N) is 1. The van der Waals surface area contributed by atoms with Crippen LogP contribution in [-0.2, 0) is 16.0 Å². The number of nitrogens with zero attached hydrogens (tertiary/aromatic N) is 3. The monoisotopic (exact) mass is 352 g/mol. The SMILES string of the molecule is CCOC(=O)Cc1csc(NN=Cc2ccc(F)c([N+](=O)[O-])c2)n1. The van der Waals surface area contributed by atoms with E-state index >= 15 is 0 Å². The fourth-order valence-electron chi connectivity index (χ4n) is 1.71. The predicted molar refractivity (Wildman–Crippen MR) is 86.7 cm³/mol. The van der Waals surface area contributed by atoms with E-state index in [4.69, 9.17) is 4.74 Å². The molecule has 0 aliphatic heterocycles. The minimum Gasteiger partial charge on any atom is -0.466 e. The molecule has 0 aliphatic rings. The van der Waals surface area contributed by atoms with Crippen molar-refractivity contribution < 1.29 is 18.8 Å². The Morgan fingerprint density at radius 1 is 1.58 bits per heavy atom. The second-order valence-electron chi connectivity index (χ2n) is 4.46. The van der Waals surface area contributed by atoms with E-state index in [2.05, 4.69) is 15.5 Å². The number of esters is 1. The standard InChI is InChI=1S/C14H13FN4O4S/c1-2-23-13(20)6-10-8-24-14(17-10)18-16-7-9-3-4-11(15)12(5-9)19(21)22/h3-5,7-8H,2,6H2,1H3,(H,17,18). The van der Waals surface area contributed by atoms with Crippen molar-refractivity contribution in [1.29, 1.82) is 0 Å². The highest BCUT2D eigenvalue weighted by Gasteiger charge is 2.13. The van der Waals surface area contributed by atoms with Crippen LogP contribution in [0.1, 0.15) is 18.2 Å². The number of nitro groups is 1. The molecule has 10 heteroatoms. The van der Waals surface area contributed by atoms with Gasteiger partial charge in [-0.2, -0.15) is 9.49 Å². The summed E-state index contributed by atoms with van der Waals surface area (Å²) in [7, 11) is 0. The number of hydrogen-bond donors (Lipinski definition) is 1. The Balaban J connectivity index is 1.97. The molecular weight excluding hydrogens is 339 g/mol. The van der Waals surface area contributed by atoms with Gasteiger partial charge in [0.05, 0.1) is 29.9 Å². The number of benzene rings is 1. The maximum atomic E-state index is 13.2. The molecule has 0 amide bonds. The van der Waals surface area contributed by atoms with Crippen molar-refractivity contribution in [2.75, 3.05) is 12.0 Å². The Hall–Kier alpha value is -2.88. The first-order chi connectivity index (χ1) is 11.5. The number of rotatable bonds is 7. The van der Waals surface area contributed by atoms with E-state index in [1.165, 1.54) is 23.6 Å². The third-order valence-electron chi connectivity index (χ3n) is 2.72. The molecule has 1 N–H and O–H groups in total. The second-order valence-corrected chi connectivity index (χ2v) is 5.32. The molecular formula is C14H13FN4O4S. The van der Waals surface area contributed by atoms with E-state index in [9.17, 15) is 19.3 Å². The van der Waals surface area contributed by atoms with Crippen molar-refractivity contribution in [3.63, 3.8) is 0 Å². The van der Waals surface area contributed by atoms with Crippen LogP contribution >= 0.6 is 11.3 Å². The zero-order chi connectivity index (χ0) is 17.5. The summed E-state index contributed by atoms with van der Waals surface area (Å²) in [4.78, 5) is 25.4. The number of nitro benzene ring substituents is 1. The highest BCUT2D eigenvalue weighted by molar-refractivity contribution is 7.13. The topological polar surface area (TPSA) is 107 Å². The molecule has 24 heavy (non-hydrogen) atoms. The lowest BCUT2D eigenvalue weighted by molar-refractivity contribution is -0.387. The number of aromatic nitrogens is 1. The molecule has 0 atom stereocenters. The van der Waals surface area contributed by atoms with Gasteiger partial charge in [0.25, 0.3) is 0 Å². The van der Waals surface area contributed by atoms with Gasteiger partial charge in [0, 0.05) is 17.0 Å². The molecule has 1 aromatic carbocycles. The quantitative estimate of drug-likeness (QED) is 0.355. The van der Waals surface area contributed by atoms with Gasteiger partial charge in [0.2, 0.25) is 10.9 Å². The van der Waals surface area contributed by atoms with Crippen LogP contribution in [-0.4, -0.2) is 28.7 Å². The average molecular weight is 352 g/mol. The normalized spacial score (nSPS) is 10.8. The van der Waals surface area contributed by atoms with Crippen molar-refractivity contribution in [3.8, 4) is 0 Å². The van der Waals surface area contributed by atoms with E-state index < -0.39 is 16.4 Å². The van der Waals surface area contributed by atoms with Crippen LogP contribution in [0.5, 0.6) is 0 Å². The van der Waals surface area contributed by atoms with Crippen LogP contribution in [0.15, 0.2) is 28.7 Å². The van der Waals surface area contributed by atoms with E-state index in [0.717, 1.165) is 12.1 Å². The number of carbonyl (C=O) groups excluding carboxylic acids is 1. The van der Waals surface area contributed by atoms with Crippen molar-refractivity contribution in [3.05, 3.63) is 50.8 Å². The summed E-state index contributed by atoms with van der Waals surface area (Å²) in [6, 6.07) is 3.44. The van der Waals surface area contributed by atoms with Gasteiger partial charge in [-0.1, -0.05) is 0 Å². The minimum atomic E-state index is -0.909. The summed E-state index contributed by atoms with van der Waals surface area (Å²) < 4.78 is 18.0. The first-order valence-corrected chi connectivity index (χ1v) is 7.70. The Kier molecular flexibility index (Phi) is 5.90. The summed E-state index contributed by atoms with van der Waals surface area (Å²) in [6.45, 7) is 2.03. The fourth-order valence-corrected chi connectivity index (χ4v) is 2.37. The number of hydrazone groups is 1. The lowest BCUT2D eigenvalue weighted by Crippen LogP contribution is -2.07. The van der Waals surface area contributed by atoms with Gasteiger partial charge in [0.15, 0.2) is 0 Å². The summed E-state index contributed by atoms with van der Waals surface area (Å²) >= 11 is 1.24. The van der Waals surface area contributed by atoms with Crippen molar-refractivity contribution in [2.24, 2.45) is 5.10 Å². The van der Waals surface area contributed by atoms with Gasteiger partial charge in [0.1, 0.15) is 0 Å². The Bertz CT molecular complexity index is 778. The molecule has 2 rings (SSSR count). The number of ether oxygens (including phenoxy) is 1. The highest BCUT2D eigenvalue weighted by Crippen LogP contribution is 2.18. The average Bonchev–Trinajstić information content (AvgIpc) is 2.96. The summed E-state index contributed by atoms with van der Waals surface area (Å²) in [5, 5.41) is 16.7. The molecule has 8 nitrogen and oxygen atoms in total. The predicted octanol–water partition coefficient (Wildman–Crippen LogP) is 2.74. The van der Waals surface area contributed by atoms with Crippen LogP contribution in [0.25, 0.3) is 0 Å². The van der Waals surface area contributed by atoms with E-state index in [-0.39, 0.29) is 12.4 Å². The van der Waals surface area contributed by atoms with Crippen molar-refractivity contribution in [2.45, 2.75) is 13.3 Å². The molecule has 1 aromatic heterocycles. The maximum Gasteiger partial charge on any atom is 0.311 e. The second kappa shape index (κ2) is 8.11. The van der Waals surface area contributed by atoms with E-state index in [1.54, 1.807) is 12.3 Å². The zero-order valence-electron chi connectivity index (χ0n) is 12.6. The van der Waals surface area contributed by atoms with Crippen molar-refractivity contribution in [1.82, 2.24) is 4.98 Å². The Morgan fingerprint density at radius 3 is 3.08 bits per heavy atom. The third kappa shape index (κ3) is 4.81. The largest absolute Gasteiger partial charge is 0.466 e. The molecule has 126 valence electrons. The van der Waals surface area contributed by atoms with Crippen LogP contribution in [0, 0.1) is 15.9 Å². The third-order valence-corrected chi connectivity index (χ3v) is 3.52. The molecule has 0 fully saturated rings. The summed E-state index contributed by atoms with van der Waals surface area (Å²) in [5.41, 5.74) is 2.93. The zero-order valence-corrected chi connectivity index (χ0v) is 13.4. The fraction of sp³-hybridized carbons (Fsp3) is 0.214. The van der Waals surface area contributed by atoms with Crippen LogP contribution in [0.2, 0.25) is 0 Å². The number of halogens is 1. The minimum absolute atomic E-state index is 0.0693. The molecule has 0 saturated heterocycles. The van der Waals surface area contributed by atoms with Gasteiger partial charge in [-0.3, -0.25) is 20.3 Å². The van der Waals surface area contributed by atoms with Gasteiger partial charge >= 0.3 is 11.7 Å². The van der Waals surface area contributed by atoms with E-state index in [1.807, 2.05) is 0 Å². The number of carbonyl (C=O) groups is 1. The van der Waals surface area contributed by atoms with Gasteiger partial charge in [-0.15, -0.1) is 11.3 Å².